The van der Waals surface area contributed by atoms with Gasteiger partial charge in [0.2, 0.25) is 0 Å². The van der Waals surface area contributed by atoms with Crippen LogP contribution < -0.4 is 0 Å². The average molecular weight is 275 g/mol. The summed E-state index contributed by atoms with van der Waals surface area (Å²) in [5.74, 6) is -2.83. The number of carbonyl (C=O) groups is 2. The molecule has 90 valence electrons. The lowest BCUT2D eigenvalue weighted by Gasteiger charge is -2.33. The second-order valence-electron chi connectivity index (χ2n) is 3.69. The summed E-state index contributed by atoms with van der Waals surface area (Å²) >= 11 is 11.8. The highest BCUT2D eigenvalue weighted by molar-refractivity contribution is 6.33. The number of benzene rings is 1. The second kappa shape index (κ2) is 4.20. The quantitative estimate of drug-likeness (QED) is 0.584. The molecule has 0 bridgehead atoms. The molecule has 1 heterocycles. The van der Waals surface area contributed by atoms with Gasteiger partial charge in [0, 0.05) is 11.9 Å². The fourth-order valence-electron chi connectivity index (χ4n) is 1.60. The van der Waals surface area contributed by atoms with Crippen molar-refractivity contribution in [1.29, 1.82) is 0 Å². The van der Waals surface area contributed by atoms with Gasteiger partial charge >= 0.3 is 11.9 Å². The maximum Gasteiger partial charge on any atom is 0.320 e. The molecular formula is C11H8Cl2O4. The SMILES string of the molecule is CC1(c2cc(Cl)ccc2Cl)OC(=O)CC(=O)O1. The van der Waals surface area contributed by atoms with Crippen LogP contribution in [0.3, 0.4) is 0 Å². The molecule has 0 N–H and O–H groups in total. The predicted molar refractivity (Wildman–Crippen MR) is 60.6 cm³/mol. The molecule has 0 unspecified atom stereocenters. The van der Waals surface area contributed by atoms with Crippen LogP contribution >= 0.6 is 23.2 Å². The van der Waals surface area contributed by atoms with E-state index in [0.717, 1.165) is 0 Å². The summed E-state index contributed by atoms with van der Waals surface area (Å²) < 4.78 is 10.1. The lowest BCUT2D eigenvalue weighted by Crippen LogP contribution is -2.40. The van der Waals surface area contributed by atoms with E-state index in [0.29, 0.717) is 15.6 Å². The molecular weight excluding hydrogens is 267 g/mol. The zero-order valence-electron chi connectivity index (χ0n) is 8.83. The maximum absolute atomic E-state index is 11.3. The molecule has 0 radical (unpaired) electrons. The molecule has 1 saturated heterocycles. The Labute approximate surface area is 107 Å². The first-order valence-corrected chi connectivity index (χ1v) is 5.55. The Balaban J connectivity index is 2.46. The van der Waals surface area contributed by atoms with E-state index in [9.17, 15) is 9.59 Å². The van der Waals surface area contributed by atoms with Gasteiger partial charge in [-0.2, -0.15) is 0 Å². The summed E-state index contributed by atoms with van der Waals surface area (Å²) in [4.78, 5) is 22.5. The van der Waals surface area contributed by atoms with Crippen molar-refractivity contribution in [3.05, 3.63) is 33.8 Å². The van der Waals surface area contributed by atoms with Gasteiger partial charge in [0.1, 0.15) is 6.42 Å². The molecule has 2 rings (SSSR count). The molecule has 17 heavy (non-hydrogen) atoms. The molecule has 0 aromatic heterocycles. The van der Waals surface area contributed by atoms with E-state index >= 15 is 0 Å². The van der Waals surface area contributed by atoms with E-state index in [1.165, 1.54) is 13.0 Å². The molecule has 1 aromatic rings. The Hall–Kier alpha value is -1.26. The van der Waals surface area contributed by atoms with Gasteiger partial charge in [0.15, 0.2) is 0 Å². The topological polar surface area (TPSA) is 52.6 Å². The van der Waals surface area contributed by atoms with E-state index in [2.05, 4.69) is 0 Å². The smallest absolute Gasteiger partial charge is 0.320 e. The highest BCUT2D eigenvalue weighted by Gasteiger charge is 2.42. The Morgan fingerprint density at radius 2 is 1.76 bits per heavy atom. The Kier molecular flexibility index (Phi) is 3.02. The third-order valence-electron chi connectivity index (χ3n) is 2.32. The Morgan fingerprint density at radius 1 is 1.18 bits per heavy atom. The van der Waals surface area contributed by atoms with Gasteiger partial charge in [-0.3, -0.25) is 9.59 Å². The van der Waals surface area contributed by atoms with Crippen LogP contribution in [0.25, 0.3) is 0 Å². The van der Waals surface area contributed by atoms with E-state index in [-0.39, 0.29) is 0 Å². The normalized spacial score (nSPS) is 18.5. The first-order valence-electron chi connectivity index (χ1n) is 4.80. The van der Waals surface area contributed by atoms with Crippen molar-refractivity contribution in [3.63, 3.8) is 0 Å². The largest absolute Gasteiger partial charge is 0.418 e. The third kappa shape index (κ3) is 2.37. The molecule has 0 aliphatic carbocycles. The number of carbonyl (C=O) groups excluding carboxylic acids is 2. The first-order chi connectivity index (χ1) is 7.90. The molecule has 1 fully saturated rings. The molecule has 1 aliphatic rings. The number of hydrogen-bond acceptors (Lipinski definition) is 4. The van der Waals surface area contributed by atoms with Crippen LogP contribution in [0.15, 0.2) is 18.2 Å². The van der Waals surface area contributed by atoms with E-state index in [1.54, 1.807) is 12.1 Å². The number of esters is 2. The van der Waals surface area contributed by atoms with Gasteiger partial charge in [-0.05, 0) is 18.2 Å². The Bertz CT molecular complexity index is 482. The summed E-state index contributed by atoms with van der Waals surface area (Å²) in [5.41, 5.74) is 0.341. The van der Waals surface area contributed by atoms with Gasteiger partial charge < -0.3 is 9.47 Å². The molecule has 0 amide bonds. The summed E-state index contributed by atoms with van der Waals surface area (Å²) in [5, 5.41) is 0.711. The van der Waals surface area contributed by atoms with E-state index in [4.69, 9.17) is 32.7 Å². The summed E-state index contributed by atoms with van der Waals surface area (Å²) in [6, 6.07) is 4.62. The van der Waals surface area contributed by atoms with Crippen LogP contribution in [0.1, 0.15) is 18.9 Å². The summed E-state index contributed by atoms with van der Waals surface area (Å²) in [7, 11) is 0. The van der Waals surface area contributed by atoms with Crippen LogP contribution in [0.4, 0.5) is 0 Å². The fourth-order valence-corrected chi connectivity index (χ4v) is 2.06. The van der Waals surface area contributed by atoms with Crippen molar-refractivity contribution < 1.29 is 19.1 Å². The lowest BCUT2D eigenvalue weighted by molar-refractivity contribution is -0.242. The minimum absolute atomic E-state index is 0.305. The zero-order valence-corrected chi connectivity index (χ0v) is 10.3. The molecule has 0 spiro atoms. The van der Waals surface area contributed by atoms with Crippen molar-refractivity contribution >= 4 is 35.1 Å². The lowest BCUT2D eigenvalue weighted by atomic mass is 10.1. The highest BCUT2D eigenvalue weighted by Crippen LogP contribution is 2.36. The number of cyclic esters (lactones) is 2. The zero-order chi connectivity index (χ0) is 12.6. The van der Waals surface area contributed by atoms with Crippen LogP contribution in [-0.2, 0) is 24.8 Å². The van der Waals surface area contributed by atoms with Crippen LogP contribution in [-0.4, -0.2) is 11.9 Å². The highest BCUT2D eigenvalue weighted by atomic mass is 35.5. The van der Waals surface area contributed by atoms with Crippen LogP contribution in [0.5, 0.6) is 0 Å². The van der Waals surface area contributed by atoms with Gasteiger partial charge in [-0.15, -0.1) is 0 Å². The average Bonchev–Trinajstić information content (AvgIpc) is 2.19. The first kappa shape index (κ1) is 12.2. The standard InChI is InChI=1S/C11H8Cl2O4/c1-11(16-9(14)5-10(15)17-11)7-4-6(12)2-3-8(7)13/h2-4H,5H2,1H3. The van der Waals surface area contributed by atoms with Gasteiger partial charge in [0.05, 0.1) is 10.6 Å². The number of rotatable bonds is 1. The van der Waals surface area contributed by atoms with Crippen molar-refractivity contribution in [1.82, 2.24) is 0 Å². The summed E-state index contributed by atoms with van der Waals surface area (Å²) in [6.07, 6.45) is -0.395. The molecule has 6 heteroatoms. The molecule has 4 nitrogen and oxygen atoms in total. The molecule has 0 saturated carbocycles. The minimum atomic E-state index is -1.52. The van der Waals surface area contributed by atoms with Crippen LogP contribution in [0.2, 0.25) is 10.0 Å². The third-order valence-corrected chi connectivity index (χ3v) is 2.89. The number of halogens is 2. The van der Waals surface area contributed by atoms with E-state index < -0.39 is 24.1 Å². The second-order valence-corrected chi connectivity index (χ2v) is 4.54. The predicted octanol–water partition coefficient (Wildman–Crippen LogP) is 2.66. The van der Waals surface area contributed by atoms with Gasteiger partial charge in [-0.1, -0.05) is 23.2 Å². The van der Waals surface area contributed by atoms with E-state index in [1.807, 2.05) is 0 Å². The van der Waals surface area contributed by atoms with Gasteiger partial charge in [0.25, 0.3) is 5.79 Å². The number of ether oxygens (including phenoxy) is 2. The molecule has 0 atom stereocenters. The monoisotopic (exact) mass is 274 g/mol. The van der Waals surface area contributed by atoms with Crippen molar-refractivity contribution in [2.45, 2.75) is 19.1 Å². The number of hydrogen-bond donors (Lipinski definition) is 0. The molecule has 1 aromatic carbocycles. The Morgan fingerprint density at radius 3 is 2.35 bits per heavy atom. The van der Waals surface area contributed by atoms with Crippen LogP contribution in [0, 0.1) is 0 Å². The molecule has 1 aliphatic heterocycles. The van der Waals surface area contributed by atoms with Crippen molar-refractivity contribution in [3.8, 4) is 0 Å². The minimum Gasteiger partial charge on any atom is -0.418 e. The maximum atomic E-state index is 11.3. The van der Waals surface area contributed by atoms with Crippen molar-refractivity contribution in [2.24, 2.45) is 0 Å². The van der Waals surface area contributed by atoms with Gasteiger partial charge in [-0.25, -0.2) is 0 Å². The van der Waals surface area contributed by atoms with Crippen molar-refractivity contribution in [2.75, 3.05) is 0 Å². The fraction of sp³-hybridized carbons (Fsp3) is 0.273. The summed E-state index contributed by atoms with van der Waals surface area (Å²) in [6.45, 7) is 1.44.